The van der Waals surface area contributed by atoms with Crippen molar-refractivity contribution in [2.45, 2.75) is 45.1 Å². The van der Waals surface area contributed by atoms with Crippen LogP contribution >= 0.6 is 0 Å². The Kier molecular flexibility index (Phi) is 3.73. The predicted molar refractivity (Wildman–Crippen MR) is 48.1 cm³/mol. The molecule has 0 heterocycles. The molecule has 0 amide bonds. The Morgan fingerprint density at radius 1 is 1.58 bits per heavy atom. The number of Topliss-reactive ketones (excluding diaryl/α,β-unsaturated/α-hetero) is 1. The van der Waals surface area contributed by atoms with Gasteiger partial charge in [0.15, 0.2) is 5.78 Å². The van der Waals surface area contributed by atoms with Crippen LogP contribution in [0.3, 0.4) is 0 Å². The molecule has 1 fully saturated rings. The molecule has 1 rings (SSSR count). The Hall–Kier alpha value is -0.370. The molecule has 1 aliphatic carbocycles. The van der Waals surface area contributed by atoms with E-state index < -0.39 is 0 Å². The average Bonchev–Trinajstić information content (AvgIpc) is 1.99. The molecule has 2 heteroatoms. The maximum absolute atomic E-state index is 11.5. The fourth-order valence-corrected chi connectivity index (χ4v) is 1.64. The summed E-state index contributed by atoms with van der Waals surface area (Å²) in [5, 5.41) is 0. The van der Waals surface area contributed by atoms with Crippen molar-refractivity contribution >= 4 is 5.78 Å². The summed E-state index contributed by atoms with van der Waals surface area (Å²) >= 11 is 0. The van der Waals surface area contributed by atoms with Crippen molar-refractivity contribution in [3.05, 3.63) is 0 Å². The fourth-order valence-electron chi connectivity index (χ4n) is 1.64. The third-order valence-corrected chi connectivity index (χ3v) is 2.73. The van der Waals surface area contributed by atoms with Crippen LogP contribution in [0.4, 0.5) is 0 Å². The van der Waals surface area contributed by atoms with Crippen LogP contribution in [0.5, 0.6) is 0 Å². The van der Waals surface area contributed by atoms with Gasteiger partial charge in [-0.05, 0) is 12.3 Å². The first-order chi connectivity index (χ1) is 5.77. The molecular formula is C10H18O2. The number of ketones is 1. The first-order valence-corrected chi connectivity index (χ1v) is 4.83. The molecular weight excluding hydrogens is 152 g/mol. The average molecular weight is 170 g/mol. The van der Waals surface area contributed by atoms with E-state index in [-0.39, 0.29) is 6.10 Å². The molecule has 12 heavy (non-hydrogen) atoms. The summed E-state index contributed by atoms with van der Waals surface area (Å²) in [5.74, 6) is 0.964. The summed E-state index contributed by atoms with van der Waals surface area (Å²) in [6.07, 6.45) is 5.19. The van der Waals surface area contributed by atoms with Crippen LogP contribution in [-0.2, 0) is 9.53 Å². The van der Waals surface area contributed by atoms with Crippen LogP contribution in [0, 0.1) is 5.92 Å². The maximum atomic E-state index is 11.5. The highest BCUT2D eigenvalue weighted by Crippen LogP contribution is 2.30. The van der Waals surface area contributed by atoms with Gasteiger partial charge in [-0.25, -0.2) is 0 Å². The van der Waals surface area contributed by atoms with Crippen molar-refractivity contribution in [1.82, 2.24) is 0 Å². The van der Waals surface area contributed by atoms with Gasteiger partial charge in [0.25, 0.3) is 0 Å². The number of hydrogen-bond acceptors (Lipinski definition) is 2. The Morgan fingerprint density at radius 3 is 2.58 bits per heavy atom. The molecule has 0 saturated heterocycles. The number of carbonyl (C=O) groups excluding carboxylic acids is 1. The SMILES string of the molecule is CCC(OC)C(=O)CC1CCC1. The normalized spacial score (nSPS) is 20.2. The molecule has 0 spiro atoms. The highest BCUT2D eigenvalue weighted by molar-refractivity contribution is 5.83. The van der Waals surface area contributed by atoms with Crippen molar-refractivity contribution < 1.29 is 9.53 Å². The van der Waals surface area contributed by atoms with Crippen LogP contribution in [0.25, 0.3) is 0 Å². The van der Waals surface area contributed by atoms with Gasteiger partial charge in [-0.1, -0.05) is 26.2 Å². The van der Waals surface area contributed by atoms with E-state index in [1.54, 1.807) is 7.11 Å². The van der Waals surface area contributed by atoms with Gasteiger partial charge in [0.2, 0.25) is 0 Å². The van der Waals surface area contributed by atoms with E-state index in [4.69, 9.17) is 4.74 Å². The Balaban J connectivity index is 2.24. The molecule has 2 nitrogen and oxygen atoms in total. The van der Waals surface area contributed by atoms with Crippen LogP contribution in [-0.4, -0.2) is 19.0 Å². The van der Waals surface area contributed by atoms with Gasteiger partial charge in [0.1, 0.15) is 6.10 Å². The van der Waals surface area contributed by atoms with Gasteiger partial charge in [-0.3, -0.25) is 4.79 Å². The molecule has 70 valence electrons. The van der Waals surface area contributed by atoms with E-state index in [1.807, 2.05) is 6.92 Å². The van der Waals surface area contributed by atoms with Crippen LogP contribution < -0.4 is 0 Å². The molecule has 0 N–H and O–H groups in total. The molecule has 0 aromatic heterocycles. The van der Waals surface area contributed by atoms with Crippen LogP contribution in [0.2, 0.25) is 0 Å². The first-order valence-electron chi connectivity index (χ1n) is 4.83. The largest absolute Gasteiger partial charge is 0.374 e. The zero-order valence-corrected chi connectivity index (χ0v) is 8.01. The summed E-state index contributed by atoms with van der Waals surface area (Å²) in [6.45, 7) is 1.99. The fraction of sp³-hybridized carbons (Fsp3) is 0.900. The lowest BCUT2D eigenvalue weighted by molar-refractivity contribution is -0.130. The van der Waals surface area contributed by atoms with Gasteiger partial charge < -0.3 is 4.74 Å². The summed E-state index contributed by atoms with van der Waals surface area (Å²) in [6, 6.07) is 0. The van der Waals surface area contributed by atoms with E-state index in [9.17, 15) is 4.79 Å². The zero-order valence-electron chi connectivity index (χ0n) is 8.01. The van der Waals surface area contributed by atoms with Crippen LogP contribution in [0.1, 0.15) is 39.0 Å². The van der Waals surface area contributed by atoms with Crippen molar-refractivity contribution in [3.8, 4) is 0 Å². The van der Waals surface area contributed by atoms with Crippen molar-refractivity contribution in [1.29, 1.82) is 0 Å². The van der Waals surface area contributed by atoms with Crippen molar-refractivity contribution in [2.24, 2.45) is 5.92 Å². The molecule has 0 aliphatic heterocycles. The number of carbonyl (C=O) groups is 1. The third kappa shape index (κ3) is 2.31. The molecule has 0 radical (unpaired) electrons. The molecule has 0 bridgehead atoms. The predicted octanol–water partition coefficient (Wildman–Crippen LogP) is 2.17. The van der Waals surface area contributed by atoms with Gasteiger partial charge in [0, 0.05) is 13.5 Å². The van der Waals surface area contributed by atoms with E-state index in [1.165, 1.54) is 19.3 Å². The molecule has 0 aromatic carbocycles. The summed E-state index contributed by atoms with van der Waals surface area (Å²) in [4.78, 5) is 11.5. The molecule has 1 saturated carbocycles. The Labute approximate surface area is 74.3 Å². The lowest BCUT2D eigenvalue weighted by Gasteiger charge is -2.25. The second-order valence-electron chi connectivity index (χ2n) is 3.60. The molecule has 1 atom stereocenters. The number of methoxy groups -OCH3 is 1. The summed E-state index contributed by atoms with van der Waals surface area (Å²) in [7, 11) is 1.62. The van der Waals surface area contributed by atoms with Gasteiger partial charge in [0.05, 0.1) is 0 Å². The number of hydrogen-bond donors (Lipinski definition) is 0. The first kappa shape index (κ1) is 9.72. The van der Waals surface area contributed by atoms with E-state index in [0.29, 0.717) is 11.7 Å². The minimum absolute atomic E-state index is 0.148. The standard InChI is InChI=1S/C10H18O2/c1-3-10(12-2)9(11)7-8-5-4-6-8/h8,10H,3-7H2,1-2H3. The topological polar surface area (TPSA) is 26.3 Å². The smallest absolute Gasteiger partial charge is 0.161 e. The van der Waals surface area contributed by atoms with Crippen LogP contribution in [0.15, 0.2) is 0 Å². The lowest BCUT2D eigenvalue weighted by Crippen LogP contribution is -2.26. The van der Waals surface area contributed by atoms with Gasteiger partial charge in [-0.2, -0.15) is 0 Å². The third-order valence-electron chi connectivity index (χ3n) is 2.73. The molecule has 1 aliphatic rings. The minimum atomic E-state index is -0.148. The zero-order chi connectivity index (χ0) is 8.97. The highest BCUT2D eigenvalue weighted by Gasteiger charge is 2.24. The second-order valence-corrected chi connectivity index (χ2v) is 3.60. The van der Waals surface area contributed by atoms with Crippen molar-refractivity contribution in [2.75, 3.05) is 7.11 Å². The molecule has 0 aromatic rings. The number of ether oxygens (including phenoxy) is 1. The van der Waals surface area contributed by atoms with Gasteiger partial charge in [-0.15, -0.1) is 0 Å². The van der Waals surface area contributed by atoms with E-state index in [0.717, 1.165) is 12.8 Å². The molecule has 1 unspecified atom stereocenters. The van der Waals surface area contributed by atoms with E-state index >= 15 is 0 Å². The Bertz CT molecular complexity index is 146. The van der Waals surface area contributed by atoms with Gasteiger partial charge >= 0.3 is 0 Å². The second kappa shape index (κ2) is 4.61. The number of rotatable bonds is 5. The maximum Gasteiger partial charge on any atom is 0.161 e. The summed E-state index contributed by atoms with van der Waals surface area (Å²) in [5.41, 5.74) is 0. The lowest BCUT2D eigenvalue weighted by atomic mass is 9.81. The quantitative estimate of drug-likeness (QED) is 0.632. The van der Waals surface area contributed by atoms with Crippen molar-refractivity contribution in [3.63, 3.8) is 0 Å². The van der Waals surface area contributed by atoms with E-state index in [2.05, 4.69) is 0 Å². The minimum Gasteiger partial charge on any atom is -0.374 e. The monoisotopic (exact) mass is 170 g/mol. The Morgan fingerprint density at radius 2 is 2.25 bits per heavy atom. The summed E-state index contributed by atoms with van der Waals surface area (Å²) < 4.78 is 5.08. The highest BCUT2D eigenvalue weighted by atomic mass is 16.5.